The number of halogens is 4. The van der Waals surface area contributed by atoms with Crippen LogP contribution < -0.4 is 16.0 Å². The fourth-order valence-corrected chi connectivity index (χ4v) is 5.12. The van der Waals surface area contributed by atoms with E-state index in [1.165, 1.54) is 30.3 Å². The lowest BCUT2D eigenvalue weighted by Crippen LogP contribution is -2.48. The van der Waals surface area contributed by atoms with Gasteiger partial charge in [-0.05, 0) is 61.1 Å². The van der Waals surface area contributed by atoms with Gasteiger partial charge in [0.15, 0.2) is 5.11 Å². The fraction of sp³-hybridized carbons (Fsp3) is 0.182. The van der Waals surface area contributed by atoms with Crippen LogP contribution >= 0.6 is 44.1 Å². The predicted octanol–water partition coefficient (Wildman–Crippen LogP) is 5.58. The van der Waals surface area contributed by atoms with Gasteiger partial charge in [0.2, 0.25) is 0 Å². The minimum atomic E-state index is -0.690. The van der Waals surface area contributed by atoms with E-state index in [1.54, 1.807) is 24.3 Å². The summed E-state index contributed by atoms with van der Waals surface area (Å²) in [5.41, 5.74) is 1.40. The molecule has 1 amide bonds. The van der Waals surface area contributed by atoms with Gasteiger partial charge in [-0.25, -0.2) is 8.78 Å². The quantitative estimate of drug-likeness (QED) is 0.250. The molecule has 0 heterocycles. The number of rotatable bonds is 5. The Balaban J connectivity index is 1.60. The second kappa shape index (κ2) is 10.0. The lowest BCUT2D eigenvalue weighted by Gasteiger charge is -2.31. The van der Waals surface area contributed by atoms with Gasteiger partial charge in [0.05, 0.1) is 17.3 Å². The number of amides is 1. The minimum Gasteiger partial charge on any atom is -0.356 e. The maximum absolute atomic E-state index is 13.8. The molecule has 3 rings (SSSR count). The topological polar surface area (TPSA) is 53.2 Å². The molecule has 0 bridgehead atoms. The van der Waals surface area contributed by atoms with Gasteiger partial charge in [-0.1, -0.05) is 56.1 Å². The van der Waals surface area contributed by atoms with Crippen LogP contribution in [0.5, 0.6) is 0 Å². The summed E-state index contributed by atoms with van der Waals surface area (Å²) in [6, 6.07) is 11.9. The number of nitrogens with one attached hydrogen (secondary N) is 3. The van der Waals surface area contributed by atoms with Crippen LogP contribution in [0.25, 0.3) is 0 Å². The Labute approximate surface area is 201 Å². The van der Waals surface area contributed by atoms with Crippen LogP contribution in [0.1, 0.15) is 35.3 Å². The van der Waals surface area contributed by atoms with Crippen molar-refractivity contribution in [1.82, 2.24) is 16.0 Å². The molecule has 0 radical (unpaired) electrons. The third-order valence-corrected chi connectivity index (χ3v) is 6.29. The molecule has 31 heavy (non-hydrogen) atoms. The van der Waals surface area contributed by atoms with Gasteiger partial charge < -0.3 is 16.0 Å². The summed E-state index contributed by atoms with van der Waals surface area (Å²) in [7, 11) is 0. The molecule has 0 fully saturated rings. The van der Waals surface area contributed by atoms with Crippen LogP contribution in [0.4, 0.5) is 8.78 Å². The molecule has 0 aliphatic heterocycles. The zero-order valence-electron chi connectivity index (χ0n) is 16.4. The average molecular weight is 571 g/mol. The monoisotopic (exact) mass is 569 g/mol. The van der Waals surface area contributed by atoms with Crippen molar-refractivity contribution in [3.8, 4) is 0 Å². The van der Waals surface area contributed by atoms with Gasteiger partial charge in [-0.15, -0.1) is 0 Å². The molecule has 0 spiro atoms. The van der Waals surface area contributed by atoms with E-state index in [0.29, 0.717) is 21.7 Å². The summed E-state index contributed by atoms with van der Waals surface area (Å²) in [4.78, 5) is 12.4. The Kier molecular flexibility index (Phi) is 7.61. The summed E-state index contributed by atoms with van der Waals surface area (Å²) in [6.07, 6.45) is 3.95. The third-order valence-electron chi connectivity index (χ3n) is 4.62. The van der Waals surface area contributed by atoms with Crippen molar-refractivity contribution in [3.05, 3.63) is 93.6 Å². The van der Waals surface area contributed by atoms with E-state index in [2.05, 4.69) is 47.8 Å². The first-order valence-corrected chi connectivity index (χ1v) is 11.3. The van der Waals surface area contributed by atoms with Crippen LogP contribution in [-0.2, 0) is 0 Å². The molecule has 4 nitrogen and oxygen atoms in total. The van der Waals surface area contributed by atoms with Crippen molar-refractivity contribution in [3.63, 3.8) is 0 Å². The molecule has 2 atom stereocenters. The highest BCUT2D eigenvalue weighted by molar-refractivity contribution is 9.12. The summed E-state index contributed by atoms with van der Waals surface area (Å²) < 4.78 is 27.0. The van der Waals surface area contributed by atoms with Crippen LogP contribution in [0.2, 0.25) is 0 Å². The summed E-state index contributed by atoms with van der Waals surface area (Å²) in [5, 5.41) is 9.47. The van der Waals surface area contributed by atoms with Gasteiger partial charge >= 0.3 is 0 Å². The number of alkyl halides is 1. The highest BCUT2D eigenvalue weighted by atomic mass is 79.9. The number of benzene rings is 2. The molecular formula is C22H19Br2F2N3OS. The summed E-state index contributed by atoms with van der Waals surface area (Å²) in [5.74, 6) is -1.41. The zero-order valence-corrected chi connectivity index (χ0v) is 20.4. The fourth-order valence-electron chi connectivity index (χ4n) is 2.97. The van der Waals surface area contributed by atoms with E-state index in [9.17, 15) is 13.6 Å². The number of carbonyl (C=O) groups is 1. The molecule has 9 heteroatoms. The molecule has 1 aliphatic rings. The Morgan fingerprint density at radius 2 is 1.84 bits per heavy atom. The maximum Gasteiger partial charge on any atom is 0.258 e. The number of carbonyl (C=O) groups excluding carboxylic acids is 1. The van der Waals surface area contributed by atoms with Gasteiger partial charge in [0.25, 0.3) is 5.91 Å². The SMILES string of the molecule is CC(NC(=S)NC1(Br)C=CC(NC(=O)c2ccccc2F)=C(Br)C1)c1ccc(F)cc1. The largest absolute Gasteiger partial charge is 0.356 e. The Hall–Kier alpha value is -2.10. The second-order valence-corrected chi connectivity index (χ2v) is 9.78. The maximum atomic E-state index is 13.8. The van der Waals surface area contributed by atoms with Crippen molar-refractivity contribution in [2.75, 3.05) is 0 Å². The molecule has 0 saturated carbocycles. The minimum absolute atomic E-state index is 0.0299. The average Bonchev–Trinajstić information content (AvgIpc) is 2.70. The van der Waals surface area contributed by atoms with Crippen LogP contribution in [0.3, 0.4) is 0 Å². The highest BCUT2D eigenvalue weighted by Crippen LogP contribution is 2.34. The van der Waals surface area contributed by atoms with Gasteiger partial charge in [0.1, 0.15) is 16.1 Å². The van der Waals surface area contributed by atoms with Crippen LogP contribution in [0, 0.1) is 11.6 Å². The molecule has 162 valence electrons. The molecule has 1 aliphatic carbocycles. The van der Waals surface area contributed by atoms with E-state index < -0.39 is 16.2 Å². The smallest absolute Gasteiger partial charge is 0.258 e. The van der Waals surface area contributed by atoms with Crippen molar-refractivity contribution in [1.29, 1.82) is 0 Å². The first kappa shape index (κ1) is 23.6. The zero-order chi connectivity index (χ0) is 22.6. The Morgan fingerprint density at radius 1 is 1.16 bits per heavy atom. The predicted molar refractivity (Wildman–Crippen MR) is 129 cm³/mol. The standard InChI is InChI=1S/C22H19Br2F2N3OS/c1-13(14-6-8-15(25)9-7-14)27-21(31)29-22(24)11-10-19(17(23)12-22)28-20(30)16-4-2-3-5-18(16)26/h2-11,13H,12H2,1H3,(H,28,30)(H2,27,29,31). The van der Waals surface area contributed by atoms with Crippen molar-refractivity contribution in [2.24, 2.45) is 0 Å². The first-order chi connectivity index (χ1) is 14.7. The Morgan fingerprint density at radius 3 is 2.48 bits per heavy atom. The molecule has 0 saturated heterocycles. The Bertz CT molecular complexity index is 1060. The molecule has 2 unspecified atom stereocenters. The van der Waals surface area contributed by atoms with E-state index in [-0.39, 0.29) is 17.4 Å². The number of hydrogen-bond donors (Lipinski definition) is 3. The molecule has 2 aromatic rings. The lowest BCUT2D eigenvalue weighted by atomic mass is 10.1. The third kappa shape index (κ3) is 6.21. The summed E-state index contributed by atoms with van der Waals surface area (Å²) in [6.45, 7) is 1.92. The van der Waals surface area contributed by atoms with Crippen molar-refractivity contribution in [2.45, 2.75) is 23.8 Å². The second-order valence-electron chi connectivity index (χ2n) is 7.00. The van der Waals surface area contributed by atoms with E-state index in [0.717, 1.165) is 5.56 Å². The van der Waals surface area contributed by atoms with Gasteiger partial charge in [-0.3, -0.25) is 4.79 Å². The van der Waals surface area contributed by atoms with Gasteiger partial charge in [-0.2, -0.15) is 0 Å². The first-order valence-electron chi connectivity index (χ1n) is 9.34. The van der Waals surface area contributed by atoms with Crippen LogP contribution in [-0.4, -0.2) is 15.5 Å². The molecule has 2 aromatic carbocycles. The number of allylic oxidation sites excluding steroid dienone is 1. The number of thiocarbonyl (C=S) groups is 1. The van der Waals surface area contributed by atoms with Crippen molar-refractivity contribution >= 4 is 55.1 Å². The van der Waals surface area contributed by atoms with E-state index in [4.69, 9.17) is 12.2 Å². The van der Waals surface area contributed by atoms with Gasteiger partial charge in [0, 0.05) is 10.9 Å². The molecular weight excluding hydrogens is 552 g/mol. The molecule has 0 aromatic heterocycles. The van der Waals surface area contributed by atoms with Crippen molar-refractivity contribution < 1.29 is 13.6 Å². The summed E-state index contributed by atoms with van der Waals surface area (Å²) >= 11 is 12.5. The lowest BCUT2D eigenvalue weighted by molar-refractivity contribution is 0.0962. The van der Waals surface area contributed by atoms with E-state index >= 15 is 0 Å². The highest BCUT2D eigenvalue weighted by Gasteiger charge is 2.30. The van der Waals surface area contributed by atoms with Crippen LogP contribution in [0.15, 0.2) is 70.9 Å². The molecule has 3 N–H and O–H groups in total. The normalized spacial score (nSPS) is 19.0. The number of hydrogen-bond acceptors (Lipinski definition) is 2. The van der Waals surface area contributed by atoms with E-state index in [1.807, 2.05) is 13.0 Å².